The second-order valence-electron chi connectivity index (χ2n) is 6.28. The summed E-state index contributed by atoms with van der Waals surface area (Å²) in [6.45, 7) is 1.96. The number of ether oxygens (including phenoxy) is 1. The molecule has 4 aromatic rings. The zero-order valence-corrected chi connectivity index (χ0v) is 14.6. The topological polar surface area (TPSA) is 67.0 Å². The monoisotopic (exact) mass is 345 g/mol. The smallest absolute Gasteiger partial charge is 0.251 e. The molecule has 1 unspecified atom stereocenters. The average Bonchev–Trinajstić information content (AvgIpc) is 3.05. The fraction of sp³-hybridized carbons (Fsp3) is 0.143. The number of hydrogen-bond acceptors (Lipinski definition) is 3. The first-order valence-electron chi connectivity index (χ1n) is 8.46. The van der Waals surface area contributed by atoms with E-state index in [-0.39, 0.29) is 11.9 Å². The molecular formula is C21H19N3O2. The summed E-state index contributed by atoms with van der Waals surface area (Å²) >= 11 is 0. The molecule has 0 saturated heterocycles. The Morgan fingerprint density at radius 1 is 1.12 bits per heavy atom. The molecular weight excluding hydrogens is 326 g/mol. The van der Waals surface area contributed by atoms with Gasteiger partial charge < -0.3 is 15.0 Å². The number of pyridine rings is 1. The molecule has 2 N–H and O–H groups in total. The number of aromatic amines is 1. The SMILES string of the molecule is COc1cccc(C(C)NC(=O)c2ccc3c(c2)[nH]c2cnccc23)c1. The normalized spacial score (nSPS) is 12.2. The maximum Gasteiger partial charge on any atom is 0.251 e. The third kappa shape index (κ3) is 2.88. The minimum atomic E-state index is -0.125. The van der Waals surface area contributed by atoms with Crippen molar-refractivity contribution in [1.29, 1.82) is 0 Å². The zero-order valence-electron chi connectivity index (χ0n) is 14.6. The van der Waals surface area contributed by atoms with Crippen molar-refractivity contribution in [3.63, 3.8) is 0 Å². The van der Waals surface area contributed by atoms with Gasteiger partial charge in [-0.05, 0) is 42.8 Å². The van der Waals surface area contributed by atoms with Crippen LogP contribution in [0.3, 0.4) is 0 Å². The molecule has 0 bridgehead atoms. The number of nitrogens with one attached hydrogen (secondary N) is 2. The van der Waals surface area contributed by atoms with Crippen LogP contribution < -0.4 is 10.1 Å². The van der Waals surface area contributed by atoms with E-state index in [4.69, 9.17) is 4.74 Å². The first-order chi connectivity index (χ1) is 12.7. The van der Waals surface area contributed by atoms with Crippen molar-refractivity contribution in [2.24, 2.45) is 0 Å². The molecule has 2 aromatic carbocycles. The Hall–Kier alpha value is -3.34. The van der Waals surface area contributed by atoms with Gasteiger partial charge in [-0.15, -0.1) is 0 Å². The van der Waals surface area contributed by atoms with E-state index in [1.807, 2.05) is 55.5 Å². The number of methoxy groups -OCH3 is 1. The number of rotatable bonds is 4. The molecule has 0 fully saturated rings. The van der Waals surface area contributed by atoms with Crippen LogP contribution in [0.2, 0.25) is 0 Å². The second kappa shape index (κ2) is 6.52. The van der Waals surface area contributed by atoms with Crippen molar-refractivity contribution in [3.05, 3.63) is 72.1 Å². The number of H-pyrrole nitrogens is 1. The van der Waals surface area contributed by atoms with E-state index in [2.05, 4.69) is 15.3 Å². The predicted octanol–water partition coefficient (Wildman–Crippen LogP) is 4.22. The summed E-state index contributed by atoms with van der Waals surface area (Å²) in [5.41, 5.74) is 3.50. The van der Waals surface area contributed by atoms with Gasteiger partial charge in [0.2, 0.25) is 0 Å². The highest BCUT2D eigenvalue weighted by atomic mass is 16.5. The number of carbonyl (C=O) groups is 1. The standard InChI is InChI=1S/C21H19N3O2/c1-13(14-4-3-5-16(10-14)26-2)23-21(25)15-6-7-17-18-8-9-22-12-20(18)24-19(17)11-15/h3-13,24H,1-2H3,(H,23,25). The Kier molecular flexibility index (Phi) is 4.05. The van der Waals surface area contributed by atoms with Crippen LogP contribution in [0.15, 0.2) is 60.9 Å². The number of fused-ring (bicyclic) bond motifs is 3. The van der Waals surface area contributed by atoms with Crippen LogP contribution >= 0.6 is 0 Å². The number of nitrogens with zero attached hydrogens (tertiary/aromatic N) is 1. The Bertz CT molecular complexity index is 1100. The van der Waals surface area contributed by atoms with Gasteiger partial charge in [0.05, 0.1) is 24.9 Å². The first-order valence-corrected chi connectivity index (χ1v) is 8.46. The number of benzene rings is 2. The lowest BCUT2D eigenvalue weighted by Gasteiger charge is -2.15. The average molecular weight is 345 g/mol. The molecule has 5 heteroatoms. The molecule has 2 aromatic heterocycles. The number of carbonyl (C=O) groups excluding carboxylic acids is 1. The van der Waals surface area contributed by atoms with Crippen molar-refractivity contribution in [2.75, 3.05) is 7.11 Å². The van der Waals surface area contributed by atoms with E-state index >= 15 is 0 Å². The van der Waals surface area contributed by atoms with E-state index in [0.717, 1.165) is 33.1 Å². The third-order valence-electron chi connectivity index (χ3n) is 4.60. The Balaban J connectivity index is 1.60. The summed E-state index contributed by atoms with van der Waals surface area (Å²) in [5, 5.41) is 5.23. The van der Waals surface area contributed by atoms with Crippen molar-refractivity contribution < 1.29 is 9.53 Å². The van der Waals surface area contributed by atoms with Crippen molar-refractivity contribution >= 4 is 27.7 Å². The van der Waals surface area contributed by atoms with Gasteiger partial charge in [0.1, 0.15) is 5.75 Å². The zero-order chi connectivity index (χ0) is 18.1. The Morgan fingerprint density at radius 3 is 2.81 bits per heavy atom. The highest BCUT2D eigenvalue weighted by Crippen LogP contribution is 2.25. The maximum absolute atomic E-state index is 12.7. The lowest BCUT2D eigenvalue weighted by Crippen LogP contribution is -2.26. The fourth-order valence-corrected chi connectivity index (χ4v) is 3.17. The summed E-state index contributed by atoms with van der Waals surface area (Å²) in [6, 6.07) is 15.3. The van der Waals surface area contributed by atoms with Crippen LogP contribution in [-0.2, 0) is 0 Å². The molecule has 130 valence electrons. The molecule has 4 rings (SSSR count). The summed E-state index contributed by atoms with van der Waals surface area (Å²) in [7, 11) is 1.63. The van der Waals surface area contributed by atoms with Gasteiger partial charge in [-0.3, -0.25) is 9.78 Å². The van der Waals surface area contributed by atoms with Crippen LogP contribution in [-0.4, -0.2) is 23.0 Å². The molecule has 0 spiro atoms. The van der Waals surface area contributed by atoms with Gasteiger partial charge in [0.15, 0.2) is 0 Å². The van der Waals surface area contributed by atoms with Crippen molar-refractivity contribution in [3.8, 4) is 5.75 Å². The van der Waals surface area contributed by atoms with E-state index < -0.39 is 0 Å². The van der Waals surface area contributed by atoms with Crippen molar-refractivity contribution in [1.82, 2.24) is 15.3 Å². The quantitative estimate of drug-likeness (QED) is 0.582. The molecule has 2 heterocycles. The fourth-order valence-electron chi connectivity index (χ4n) is 3.17. The maximum atomic E-state index is 12.7. The van der Waals surface area contributed by atoms with Crippen molar-refractivity contribution in [2.45, 2.75) is 13.0 Å². The van der Waals surface area contributed by atoms with Crippen LogP contribution in [0.5, 0.6) is 5.75 Å². The molecule has 1 amide bonds. The lowest BCUT2D eigenvalue weighted by atomic mass is 10.1. The van der Waals surface area contributed by atoms with Crippen LogP contribution in [0, 0.1) is 0 Å². The minimum absolute atomic E-state index is 0.112. The Morgan fingerprint density at radius 2 is 1.96 bits per heavy atom. The van der Waals surface area contributed by atoms with Gasteiger partial charge in [-0.1, -0.05) is 18.2 Å². The van der Waals surface area contributed by atoms with E-state index in [0.29, 0.717) is 5.56 Å². The number of aromatic nitrogens is 2. The summed E-state index contributed by atoms with van der Waals surface area (Å²) < 4.78 is 5.25. The van der Waals surface area contributed by atoms with E-state index in [1.54, 1.807) is 19.5 Å². The summed E-state index contributed by atoms with van der Waals surface area (Å²) in [4.78, 5) is 20.1. The molecule has 0 aliphatic heterocycles. The van der Waals surface area contributed by atoms with Crippen LogP contribution in [0.25, 0.3) is 21.8 Å². The first kappa shape index (κ1) is 16.1. The van der Waals surface area contributed by atoms with Gasteiger partial charge in [-0.25, -0.2) is 0 Å². The minimum Gasteiger partial charge on any atom is -0.497 e. The van der Waals surface area contributed by atoms with Gasteiger partial charge in [0, 0.05) is 28.0 Å². The molecule has 26 heavy (non-hydrogen) atoms. The van der Waals surface area contributed by atoms with Crippen LogP contribution in [0.4, 0.5) is 0 Å². The molecule has 0 aliphatic rings. The highest BCUT2D eigenvalue weighted by molar-refractivity contribution is 6.09. The van der Waals surface area contributed by atoms with Crippen LogP contribution in [0.1, 0.15) is 28.9 Å². The molecule has 0 radical (unpaired) electrons. The molecule has 0 saturated carbocycles. The van der Waals surface area contributed by atoms with Gasteiger partial charge in [0.25, 0.3) is 5.91 Å². The highest BCUT2D eigenvalue weighted by Gasteiger charge is 2.13. The largest absolute Gasteiger partial charge is 0.497 e. The summed E-state index contributed by atoms with van der Waals surface area (Å²) in [6.07, 6.45) is 3.56. The van der Waals surface area contributed by atoms with E-state index in [1.165, 1.54) is 0 Å². The molecule has 1 atom stereocenters. The second-order valence-corrected chi connectivity index (χ2v) is 6.28. The Labute approximate surface area is 151 Å². The number of hydrogen-bond donors (Lipinski definition) is 2. The molecule has 0 aliphatic carbocycles. The van der Waals surface area contributed by atoms with Gasteiger partial charge >= 0.3 is 0 Å². The lowest BCUT2D eigenvalue weighted by molar-refractivity contribution is 0.0940. The van der Waals surface area contributed by atoms with Gasteiger partial charge in [-0.2, -0.15) is 0 Å². The number of amides is 1. The predicted molar refractivity (Wildman–Crippen MR) is 102 cm³/mol. The van der Waals surface area contributed by atoms with E-state index in [9.17, 15) is 4.79 Å². The molecule has 5 nitrogen and oxygen atoms in total. The summed E-state index contributed by atoms with van der Waals surface area (Å²) in [5.74, 6) is 0.663. The third-order valence-corrected chi connectivity index (χ3v) is 4.60.